The lowest BCUT2D eigenvalue weighted by atomic mass is 10.00. The SMILES string of the molecule is O=C(C[NH+]1CC=C(c2ccccc2)CC1)Nc1ccc(Br)cc1F. The fourth-order valence-corrected chi connectivity index (χ4v) is 3.20. The first-order valence-corrected chi connectivity index (χ1v) is 8.74. The Balaban J connectivity index is 1.56. The molecule has 1 unspecified atom stereocenters. The standard InChI is InChI=1S/C19H18BrFN2O/c20-16-6-7-18(17(21)12-16)22-19(24)13-23-10-8-15(9-11-23)14-4-2-1-3-5-14/h1-8,12H,9-11,13H2,(H,22,24)/p+1. The molecule has 1 amide bonds. The van der Waals surface area contributed by atoms with Gasteiger partial charge in [-0.25, -0.2) is 4.39 Å². The van der Waals surface area contributed by atoms with E-state index in [1.54, 1.807) is 12.1 Å². The second kappa shape index (κ2) is 7.73. The molecule has 24 heavy (non-hydrogen) atoms. The number of benzene rings is 2. The molecule has 2 N–H and O–H groups in total. The monoisotopic (exact) mass is 389 g/mol. The van der Waals surface area contributed by atoms with E-state index >= 15 is 0 Å². The maximum atomic E-state index is 13.8. The Kier molecular flexibility index (Phi) is 5.43. The maximum absolute atomic E-state index is 13.8. The topological polar surface area (TPSA) is 33.5 Å². The molecular formula is C19H19BrFN2O+. The molecule has 2 aromatic rings. The van der Waals surface area contributed by atoms with Gasteiger partial charge in [-0.2, -0.15) is 0 Å². The summed E-state index contributed by atoms with van der Waals surface area (Å²) in [7, 11) is 0. The highest BCUT2D eigenvalue weighted by Crippen LogP contribution is 2.19. The van der Waals surface area contributed by atoms with Crippen molar-refractivity contribution in [1.29, 1.82) is 0 Å². The van der Waals surface area contributed by atoms with Gasteiger partial charge in [0.1, 0.15) is 5.82 Å². The summed E-state index contributed by atoms with van der Waals surface area (Å²) in [4.78, 5) is 13.3. The van der Waals surface area contributed by atoms with Crippen LogP contribution >= 0.6 is 15.9 Å². The maximum Gasteiger partial charge on any atom is 0.279 e. The summed E-state index contributed by atoms with van der Waals surface area (Å²) in [6, 6.07) is 14.9. The molecule has 1 atom stereocenters. The van der Waals surface area contributed by atoms with Gasteiger partial charge >= 0.3 is 0 Å². The average Bonchev–Trinajstić information content (AvgIpc) is 2.59. The van der Waals surface area contributed by atoms with Gasteiger partial charge in [-0.3, -0.25) is 4.79 Å². The minimum Gasteiger partial charge on any atom is -0.324 e. The van der Waals surface area contributed by atoms with Gasteiger partial charge in [-0.1, -0.05) is 46.3 Å². The molecule has 1 aliphatic rings. The summed E-state index contributed by atoms with van der Waals surface area (Å²) in [5, 5.41) is 2.65. The van der Waals surface area contributed by atoms with Crippen molar-refractivity contribution in [1.82, 2.24) is 0 Å². The van der Waals surface area contributed by atoms with Gasteiger partial charge in [-0.15, -0.1) is 0 Å². The van der Waals surface area contributed by atoms with E-state index in [2.05, 4.69) is 39.5 Å². The highest BCUT2D eigenvalue weighted by molar-refractivity contribution is 9.10. The number of anilines is 1. The summed E-state index contributed by atoms with van der Waals surface area (Å²) in [6.45, 7) is 2.05. The zero-order valence-electron chi connectivity index (χ0n) is 13.2. The van der Waals surface area contributed by atoms with Crippen LogP contribution in [0.4, 0.5) is 10.1 Å². The number of amides is 1. The molecular weight excluding hydrogens is 371 g/mol. The molecule has 0 saturated heterocycles. The predicted molar refractivity (Wildman–Crippen MR) is 97.3 cm³/mol. The number of hydrogen-bond donors (Lipinski definition) is 2. The highest BCUT2D eigenvalue weighted by atomic mass is 79.9. The third-order valence-corrected chi connectivity index (χ3v) is 4.64. The number of nitrogens with one attached hydrogen (secondary N) is 2. The Hall–Kier alpha value is -1.98. The van der Waals surface area contributed by atoms with Crippen LogP contribution in [-0.4, -0.2) is 25.5 Å². The van der Waals surface area contributed by atoms with E-state index < -0.39 is 5.82 Å². The van der Waals surface area contributed by atoms with E-state index in [0.717, 1.165) is 19.5 Å². The van der Waals surface area contributed by atoms with Gasteiger partial charge < -0.3 is 10.2 Å². The first-order chi connectivity index (χ1) is 11.6. The van der Waals surface area contributed by atoms with Gasteiger partial charge in [0.15, 0.2) is 6.54 Å². The molecule has 0 fully saturated rings. The molecule has 3 rings (SSSR count). The van der Waals surface area contributed by atoms with Crippen molar-refractivity contribution in [3.63, 3.8) is 0 Å². The molecule has 3 nitrogen and oxygen atoms in total. The quantitative estimate of drug-likeness (QED) is 0.827. The molecule has 1 aliphatic heterocycles. The molecule has 124 valence electrons. The summed E-state index contributed by atoms with van der Waals surface area (Å²) >= 11 is 3.20. The van der Waals surface area contributed by atoms with E-state index in [9.17, 15) is 9.18 Å². The molecule has 0 aliphatic carbocycles. The van der Waals surface area contributed by atoms with Crippen molar-refractivity contribution in [2.24, 2.45) is 0 Å². The largest absolute Gasteiger partial charge is 0.324 e. The van der Waals surface area contributed by atoms with E-state index in [1.165, 1.54) is 22.1 Å². The van der Waals surface area contributed by atoms with E-state index in [4.69, 9.17) is 0 Å². The third-order valence-electron chi connectivity index (χ3n) is 4.15. The van der Waals surface area contributed by atoms with Crippen LogP contribution in [0.3, 0.4) is 0 Å². The van der Waals surface area contributed by atoms with Crippen LogP contribution in [0.1, 0.15) is 12.0 Å². The lowest BCUT2D eigenvalue weighted by molar-refractivity contribution is -0.886. The predicted octanol–water partition coefficient (Wildman–Crippen LogP) is 2.90. The zero-order chi connectivity index (χ0) is 16.9. The summed E-state index contributed by atoms with van der Waals surface area (Å²) in [6.07, 6.45) is 3.14. The smallest absolute Gasteiger partial charge is 0.279 e. The summed E-state index contributed by atoms with van der Waals surface area (Å²) < 4.78 is 14.4. The van der Waals surface area contributed by atoms with Crippen LogP contribution in [-0.2, 0) is 4.79 Å². The fraction of sp³-hybridized carbons (Fsp3) is 0.211. The Morgan fingerprint density at radius 2 is 2.00 bits per heavy atom. The van der Waals surface area contributed by atoms with Gasteiger partial charge in [0.25, 0.3) is 5.91 Å². The van der Waals surface area contributed by atoms with Gasteiger partial charge in [0.05, 0.1) is 18.8 Å². The van der Waals surface area contributed by atoms with Crippen molar-refractivity contribution in [2.75, 3.05) is 25.0 Å². The number of halogens is 2. The zero-order valence-corrected chi connectivity index (χ0v) is 14.8. The minimum absolute atomic E-state index is 0.164. The molecule has 2 aromatic carbocycles. The van der Waals surface area contributed by atoms with Gasteiger partial charge in [0.2, 0.25) is 0 Å². The van der Waals surface area contributed by atoms with Crippen molar-refractivity contribution < 1.29 is 14.1 Å². The number of carbonyl (C=O) groups excluding carboxylic acids is 1. The lowest BCUT2D eigenvalue weighted by Gasteiger charge is -2.23. The van der Waals surface area contributed by atoms with Crippen molar-refractivity contribution in [2.45, 2.75) is 6.42 Å². The molecule has 1 heterocycles. The Bertz CT molecular complexity index is 761. The van der Waals surface area contributed by atoms with E-state index in [0.29, 0.717) is 11.0 Å². The average molecular weight is 390 g/mol. The van der Waals surface area contributed by atoms with Crippen molar-refractivity contribution in [3.8, 4) is 0 Å². The fourth-order valence-electron chi connectivity index (χ4n) is 2.87. The van der Waals surface area contributed by atoms with Crippen LogP contribution in [0.2, 0.25) is 0 Å². The number of hydrogen-bond acceptors (Lipinski definition) is 1. The Labute approximate surface area is 149 Å². The molecule has 0 saturated carbocycles. The third kappa shape index (κ3) is 4.30. The van der Waals surface area contributed by atoms with Gasteiger partial charge in [-0.05, 0) is 35.4 Å². The highest BCUT2D eigenvalue weighted by Gasteiger charge is 2.19. The Morgan fingerprint density at radius 3 is 2.67 bits per heavy atom. The van der Waals surface area contributed by atoms with E-state index in [1.807, 2.05) is 18.2 Å². The van der Waals surface area contributed by atoms with Crippen molar-refractivity contribution in [3.05, 3.63) is 70.5 Å². The molecule has 0 bridgehead atoms. The van der Waals surface area contributed by atoms with Gasteiger partial charge in [0, 0.05) is 10.9 Å². The van der Waals surface area contributed by atoms with Crippen molar-refractivity contribution >= 4 is 33.1 Å². The van der Waals surface area contributed by atoms with Crippen LogP contribution in [0.25, 0.3) is 5.57 Å². The van der Waals surface area contributed by atoms with Crippen LogP contribution in [0, 0.1) is 5.82 Å². The number of carbonyl (C=O) groups is 1. The summed E-state index contributed by atoms with van der Waals surface area (Å²) in [5.41, 5.74) is 2.80. The minimum atomic E-state index is -0.433. The summed E-state index contributed by atoms with van der Waals surface area (Å²) in [5.74, 6) is -0.597. The lowest BCUT2D eigenvalue weighted by Crippen LogP contribution is -3.13. The van der Waals surface area contributed by atoms with E-state index in [-0.39, 0.29) is 11.6 Å². The molecule has 0 spiro atoms. The Morgan fingerprint density at radius 1 is 1.21 bits per heavy atom. The first-order valence-electron chi connectivity index (χ1n) is 7.95. The second-order valence-electron chi connectivity index (χ2n) is 5.90. The van der Waals surface area contributed by atoms with Crippen LogP contribution in [0.15, 0.2) is 59.1 Å². The van der Waals surface area contributed by atoms with Crippen LogP contribution < -0.4 is 10.2 Å². The number of quaternary nitrogens is 1. The van der Waals surface area contributed by atoms with Crippen LogP contribution in [0.5, 0.6) is 0 Å². The molecule has 0 radical (unpaired) electrons. The second-order valence-corrected chi connectivity index (χ2v) is 6.81. The normalized spacial score (nSPS) is 17.2. The molecule has 5 heteroatoms. The number of rotatable bonds is 4. The molecule has 0 aromatic heterocycles. The first kappa shape index (κ1) is 16.9.